The molecule has 0 radical (unpaired) electrons. The fourth-order valence-corrected chi connectivity index (χ4v) is 3.89. The molecule has 176 valence electrons. The quantitative estimate of drug-likeness (QED) is 0.491. The zero-order chi connectivity index (χ0) is 24.3. The van der Waals surface area contributed by atoms with Crippen molar-refractivity contribution in [2.24, 2.45) is 20.7 Å². The molecule has 0 saturated heterocycles. The maximum Gasteiger partial charge on any atom is 0.356 e. The molecule has 0 amide bonds. The van der Waals surface area contributed by atoms with Gasteiger partial charge in [0.1, 0.15) is 23.7 Å². The van der Waals surface area contributed by atoms with Crippen LogP contribution in [0.3, 0.4) is 0 Å². The minimum absolute atomic E-state index is 0.177. The number of benzene rings is 2. The molecule has 0 unspecified atom stereocenters. The van der Waals surface area contributed by atoms with Crippen LogP contribution in [0.4, 0.5) is 0 Å². The van der Waals surface area contributed by atoms with Crippen molar-refractivity contribution in [2.75, 3.05) is 14.2 Å². The summed E-state index contributed by atoms with van der Waals surface area (Å²) < 4.78 is 12.0. The molecule has 0 bridgehead atoms. The molecule has 2 heterocycles. The van der Waals surface area contributed by atoms with E-state index in [9.17, 15) is 9.90 Å². The van der Waals surface area contributed by atoms with Crippen molar-refractivity contribution in [1.82, 2.24) is 9.55 Å². The molecule has 2 aromatic carbocycles. The standard InChI is InChI=1S/C24H26N6O4/c1-24(2,32)21-20(23(31)34-4)30(19(25-21)14-33-3)13-15-9-11-16(12-10-15)17-7-5-6-8-18(17)22-26-28-29-27-22/h5-12,22,32H,13-14H2,1-4H3. The summed E-state index contributed by atoms with van der Waals surface area (Å²) >= 11 is 0. The number of carbonyl (C=O) groups excluding carboxylic acids is 1. The van der Waals surface area contributed by atoms with E-state index < -0.39 is 17.7 Å². The van der Waals surface area contributed by atoms with E-state index >= 15 is 0 Å². The molecule has 0 fully saturated rings. The first kappa shape index (κ1) is 23.4. The molecule has 4 rings (SSSR count). The third-order valence-corrected chi connectivity index (χ3v) is 5.48. The van der Waals surface area contributed by atoms with E-state index in [4.69, 9.17) is 9.47 Å². The first-order valence-corrected chi connectivity index (χ1v) is 10.7. The normalized spacial score (nSPS) is 13.6. The molecule has 10 heteroatoms. The Morgan fingerprint density at radius 1 is 1.06 bits per heavy atom. The first-order valence-electron chi connectivity index (χ1n) is 10.7. The maximum absolute atomic E-state index is 12.6. The second-order valence-corrected chi connectivity index (χ2v) is 8.36. The molecular formula is C24H26N6O4. The van der Waals surface area contributed by atoms with E-state index in [0.717, 1.165) is 22.3 Å². The number of imidazole rings is 1. The first-order chi connectivity index (χ1) is 16.3. The molecule has 1 aromatic heterocycles. The largest absolute Gasteiger partial charge is 0.464 e. The molecule has 1 N–H and O–H groups in total. The topological polar surface area (TPSA) is 123 Å². The Labute approximate surface area is 197 Å². The van der Waals surface area contributed by atoms with Crippen molar-refractivity contribution in [3.63, 3.8) is 0 Å². The molecule has 0 atom stereocenters. The Morgan fingerprint density at radius 3 is 2.35 bits per heavy atom. The van der Waals surface area contributed by atoms with Gasteiger partial charge in [-0.15, -0.1) is 10.2 Å². The fourth-order valence-electron chi connectivity index (χ4n) is 3.89. The highest BCUT2D eigenvalue weighted by molar-refractivity contribution is 5.89. The lowest BCUT2D eigenvalue weighted by Gasteiger charge is -2.17. The van der Waals surface area contributed by atoms with Gasteiger partial charge in [0.25, 0.3) is 0 Å². The fraction of sp³-hybridized carbons (Fsp3) is 0.333. The van der Waals surface area contributed by atoms with Gasteiger partial charge in [0, 0.05) is 19.2 Å². The van der Waals surface area contributed by atoms with Crippen LogP contribution in [-0.2, 0) is 28.2 Å². The summed E-state index contributed by atoms with van der Waals surface area (Å²) in [6.45, 7) is 3.69. The Kier molecular flexibility index (Phi) is 6.62. The van der Waals surface area contributed by atoms with E-state index in [-0.39, 0.29) is 18.0 Å². The number of hydrogen-bond donors (Lipinski definition) is 1. The van der Waals surface area contributed by atoms with Crippen molar-refractivity contribution in [3.8, 4) is 11.1 Å². The van der Waals surface area contributed by atoms with Gasteiger partial charge < -0.3 is 19.1 Å². The highest BCUT2D eigenvalue weighted by Gasteiger charge is 2.32. The number of carbonyl (C=O) groups is 1. The Morgan fingerprint density at radius 2 is 1.74 bits per heavy atom. The molecule has 0 saturated carbocycles. The molecular weight excluding hydrogens is 436 g/mol. The minimum Gasteiger partial charge on any atom is -0.464 e. The molecule has 1 aliphatic rings. The number of hydrogen-bond acceptors (Lipinski definition) is 9. The number of nitrogens with zero attached hydrogens (tertiary/aromatic N) is 6. The van der Waals surface area contributed by atoms with E-state index in [1.54, 1.807) is 25.5 Å². The lowest BCUT2D eigenvalue weighted by atomic mass is 9.97. The van der Waals surface area contributed by atoms with E-state index in [1.165, 1.54) is 7.11 Å². The Balaban J connectivity index is 1.70. The van der Waals surface area contributed by atoms with Gasteiger partial charge in [-0.05, 0) is 41.0 Å². The molecule has 34 heavy (non-hydrogen) atoms. The van der Waals surface area contributed by atoms with E-state index in [0.29, 0.717) is 12.4 Å². The maximum atomic E-state index is 12.6. The summed E-state index contributed by atoms with van der Waals surface area (Å²) in [6.07, 6.45) is -0.443. The zero-order valence-corrected chi connectivity index (χ0v) is 19.5. The van der Waals surface area contributed by atoms with Crippen molar-refractivity contribution < 1.29 is 19.4 Å². The lowest BCUT2D eigenvalue weighted by Crippen LogP contribution is -2.23. The number of ether oxygens (including phenoxy) is 2. The van der Waals surface area contributed by atoms with E-state index in [1.807, 2.05) is 48.5 Å². The molecule has 3 aromatic rings. The Hall–Kier alpha value is -3.76. The van der Waals surface area contributed by atoms with Gasteiger partial charge in [0.15, 0.2) is 5.69 Å². The van der Waals surface area contributed by atoms with Gasteiger partial charge in [-0.1, -0.05) is 48.5 Å². The van der Waals surface area contributed by atoms with Crippen LogP contribution in [0, 0.1) is 0 Å². The summed E-state index contributed by atoms with van der Waals surface area (Å²) in [5, 5.41) is 26.0. The molecule has 0 spiro atoms. The van der Waals surface area contributed by atoms with Crippen LogP contribution >= 0.6 is 0 Å². The average Bonchev–Trinajstić information content (AvgIpc) is 3.48. The summed E-state index contributed by atoms with van der Waals surface area (Å²) in [4.78, 5) is 17.1. The lowest BCUT2D eigenvalue weighted by molar-refractivity contribution is 0.0532. The van der Waals surface area contributed by atoms with Crippen LogP contribution in [-0.4, -0.2) is 34.8 Å². The second-order valence-electron chi connectivity index (χ2n) is 8.36. The van der Waals surface area contributed by atoms with Crippen molar-refractivity contribution in [3.05, 3.63) is 76.9 Å². The van der Waals surface area contributed by atoms with Crippen molar-refractivity contribution in [1.29, 1.82) is 0 Å². The van der Waals surface area contributed by atoms with Gasteiger partial charge in [0.2, 0.25) is 6.17 Å². The smallest absolute Gasteiger partial charge is 0.356 e. The highest BCUT2D eigenvalue weighted by Crippen LogP contribution is 2.33. The van der Waals surface area contributed by atoms with Gasteiger partial charge in [0.05, 0.1) is 7.11 Å². The van der Waals surface area contributed by atoms with Crippen LogP contribution in [0.15, 0.2) is 69.2 Å². The summed E-state index contributed by atoms with van der Waals surface area (Å²) in [6, 6.07) is 15.8. The van der Waals surface area contributed by atoms with Crippen molar-refractivity contribution >= 4 is 5.97 Å². The monoisotopic (exact) mass is 462 g/mol. The van der Waals surface area contributed by atoms with Crippen LogP contribution in [0.2, 0.25) is 0 Å². The van der Waals surface area contributed by atoms with Crippen LogP contribution < -0.4 is 0 Å². The summed E-state index contributed by atoms with van der Waals surface area (Å²) in [7, 11) is 2.86. The van der Waals surface area contributed by atoms with Crippen molar-refractivity contribution in [2.45, 2.75) is 38.8 Å². The zero-order valence-electron chi connectivity index (χ0n) is 19.5. The van der Waals surface area contributed by atoms with Gasteiger partial charge in [-0.3, -0.25) is 0 Å². The van der Waals surface area contributed by atoms with Gasteiger partial charge >= 0.3 is 5.97 Å². The molecule has 10 nitrogen and oxygen atoms in total. The number of esters is 1. The van der Waals surface area contributed by atoms with Gasteiger partial charge in [-0.25, -0.2) is 9.78 Å². The van der Waals surface area contributed by atoms with Crippen LogP contribution in [0.5, 0.6) is 0 Å². The molecule has 1 aliphatic heterocycles. The number of methoxy groups -OCH3 is 2. The summed E-state index contributed by atoms with van der Waals surface area (Å²) in [5.74, 6) is -0.0520. The number of aromatic nitrogens is 2. The minimum atomic E-state index is -1.33. The predicted molar refractivity (Wildman–Crippen MR) is 123 cm³/mol. The third-order valence-electron chi connectivity index (χ3n) is 5.48. The van der Waals surface area contributed by atoms with Crippen LogP contribution in [0.1, 0.15) is 53.1 Å². The van der Waals surface area contributed by atoms with Crippen LogP contribution in [0.25, 0.3) is 11.1 Å². The highest BCUT2D eigenvalue weighted by atomic mass is 16.5. The molecule has 0 aliphatic carbocycles. The SMILES string of the molecule is COCc1nc(C(C)(C)O)c(C(=O)OC)n1Cc1ccc(-c2ccccc2C2N=NN=N2)cc1. The number of aliphatic hydroxyl groups is 1. The van der Waals surface area contributed by atoms with E-state index in [2.05, 4.69) is 25.7 Å². The Bertz CT molecular complexity index is 1230. The van der Waals surface area contributed by atoms with Gasteiger partial charge in [-0.2, -0.15) is 0 Å². The second kappa shape index (κ2) is 9.62. The summed E-state index contributed by atoms with van der Waals surface area (Å²) in [5.41, 5.74) is 2.94. The number of rotatable bonds is 8. The average molecular weight is 463 g/mol. The predicted octanol–water partition coefficient (Wildman–Crippen LogP) is 4.59. The third kappa shape index (κ3) is 4.63.